The summed E-state index contributed by atoms with van der Waals surface area (Å²) in [6, 6.07) is 5.13. The minimum absolute atomic E-state index is 0.153. The molecule has 3 rings (SSSR count). The first-order valence-corrected chi connectivity index (χ1v) is 9.07. The Hall–Kier alpha value is -1.17. The van der Waals surface area contributed by atoms with Crippen molar-refractivity contribution in [3.05, 3.63) is 33.9 Å². The molecule has 1 amide bonds. The lowest BCUT2D eigenvalue weighted by atomic mass is 10.0. The van der Waals surface area contributed by atoms with Crippen molar-refractivity contribution in [3.8, 4) is 0 Å². The Morgan fingerprint density at radius 2 is 2.09 bits per heavy atom. The second-order valence-electron chi connectivity index (χ2n) is 6.26. The lowest BCUT2D eigenvalue weighted by Gasteiger charge is -2.34. The third-order valence-electron chi connectivity index (χ3n) is 4.39. The van der Waals surface area contributed by atoms with Gasteiger partial charge >= 0.3 is 0 Å². The summed E-state index contributed by atoms with van der Waals surface area (Å²) in [5, 5.41) is 4.23. The Labute approximate surface area is 144 Å². The lowest BCUT2D eigenvalue weighted by molar-refractivity contribution is 0.0905. The van der Waals surface area contributed by atoms with E-state index in [1.54, 1.807) is 6.07 Å². The molecule has 124 valence electrons. The number of amides is 1. The molecule has 1 aromatic heterocycles. The van der Waals surface area contributed by atoms with E-state index in [1.807, 2.05) is 0 Å². The predicted octanol–water partition coefficient (Wildman–Crippen LogP) is 4.30. The van der Waals surface area contributed by atoms with Gasteiger partial charge in [-0.3, -0.25) is 4.79 Å². The van der Waals surface area contributed by atoms with E-state index in [0.717, 1.165) is 31.3 Å². The molecular weight excluding hydrogens is 335 g/mol. The molecule has 23 heavy (non-hydrogen) atoms. The number of likely N-dealkylation sites (tertiary alicyclic amines) is 1. The molecule has 0 radical (unpaired) electrons. The third-order valence-corrected chi connectivity index (χ3v) is 6.05. The first kappa shape index (κ1) is 16.7. The van der Waals surface area contributed by atoms with Gasteiger partial charge < -0.3 is 10.2 Å². The summed E-state index contributed by atoms with van der Waals surface area (Å²) >= 11 is 7.55. The number of carbonyl (C=O) groups excluding carboxylic acids is 1. The molecule has 1 aliphatic heterocycles. The number of fused-ring (bicyclic) bond motifs is 1. The molecule has 0 unspecified atom stereocenters. The molecular formula is C17H20ClFN2OS. The van der Waals surface area contributed by atoms with Crippen LogP contribution in [0.15, 0.2) is 18.2 Å². The lowest BCUT2D eigenvalue weighted by Crippen LogP contribution is -2.46. The number of carbonyl (C=O) groups is 1. The Bertz CT molecular complexity index is 723. The fraction of sp³-hybridized carbons (Fsp3) is 0.471. The van der Waals surface area contributed by atoms with Crippen LogP contribution in [0.4, 0.5) is 4.39 Å². The van der Waals surface area contributed by atoms with Gasteiger partial charge in [-0.25, -0.2) is 4.39 Å². The van der Waals surface area contributed by atoms with E-state index in [2.05, 4.69) is 24.1 Å². The molecule has 1 saturated heterocycles. The second kappa shape index (κ2) is 6.75. The van der Waals surface area contributed by atoms with Gasteiger partial charge in [0.1, 0.15) is 10.7 Å². The van der Waals surface area contributed by atoms with Crippen LogP contribution >= 0.6 is 22.9 Å². The van der Waals surface area contributed by atoms with Crippen molar-refractivity contribution in [3.63, 3.8) is 0 Å². The molecule has 0 bridgehead atoms. The van der Waals surface area contributed by atoms with Crippen molar-refractivity contribution in [2.24, 2.45) is 0 Å². The van der Waals surface area contributed by atoms with Gasteiger partial charge in [0.25, 0.3) is 5.91 Å². The monoisotopic (exact) mass is 354 g/mol. The normalized spacial score (nSPS) is 17.1. The summed E-state index contributed by atoms with van der Waals surface area (Å²) < 4.78 is 14.0. The van der Waals surface area contributed by atoms with Crippen LogP contribution in [0.25, 0.3) is 10.1 Å². The maximum absolute atomic E-state index is 13.3. The largest absolute Gasteiger partial charge is 0.348 e. The number of hydrogen-bond acceptors (Lipinski definition) is 3. The topological polar surface area (TPSA) is 32.3 Å². The first-order valence-electron chi connectivity index (χ1n) is 7.88. The Kier molecular flexibility index (Phi) is 4.90. The van der Waals surface area contributed by atoms with Gasteiger partial charge in [0.2, 0.25) is 0 Å². The minimum Gasteiger partial charge on any atom is -0.348 e. The van der Waals surface area contributed by atoms with Crippen LogP contribution in [0.2, 0.25) is 5.02 Å². The van der Waals surface area contributed by atoms with Crippen LogP contribution in [0, 0.1) is 5.82 Å². The van der Waals surface area contributed by atoms with Crippen molar-refractivity contribution in [2.75, 3.05) is 13.1 Å². The molecule has 0 aliphatic carbocycles. The summed E-state index contributed by atoms with van der Waals surface area (Å²) in [5.74, 6) is -0.469. The number of benzene rings is 1. The van der Waals surface area contributed by atoms with Crippen LogP contribution < -0.4 is 5.32 Å². The van der Waals surface area contributed by atoms with Crippen LogP contribution in [-0.2, 0) is 0 Å². The molecule has 2 aromatic rings. The van der Waals surface area contributed by atoms with Crippen molar-refractivity contribution >= 4 is 38.9 Å². The smallest absolute Gasteiger partial charge is 0.263 e. The summed E-state index contributed by atoms with van der Waals surface area (Å²) in [5.41, 5.74) is 0. The van der Waals surface area contributed by atoms with Gasteiger partial charge in [0.15, 0.2) is 0 Å². The highest BCUT2D eigenvalue weighted by Gasteiger charge is 2.24. The van der Waals surface area contributed by atoms with Crippen LogP contribution in [0.5, 0.6) is 0 Å². The summed E-state index contributed by atoms with van der Waals surface area (Å²) in [4.78, 5) is 15.4. The quantitative estimate of drug-likeness (QED) is 0.891. The van der Waals surface area contributed by atoms with E-state index in [4.69, 9.17) is 11.6 Å². The maximum Gasteiger partial charge on any atom is 0.263 e. The SMILES string of the molecule is CC(C)N1CCC(NC(=O)c2sc3cc(F)ccc3c2Cl)CC1. The van der Waals surface area contributed by atoms with Crippen molar-refractivity contribution in [2.45, 2.75) is 38.8 Å². The number of nitrogens with one attached hydrogen (secondary N) is 1. The number of thiophene rings is 1. The average molecular weight is 355 g/mol. The van der Waals surface area contributed by atoms with E-state index in [9.17, 15) is 9.18 Å². The second-order valence-corrected chi connectivity index (χ2v) is 7.69. The maximum atomic E-state index is 13.3. The molecule has 1 N–H and O–H groups in total. The molecule has 0 spiro atoms. The number of halogens is 2. The molecule has 1 aliphatic rings. The number of piperidine rings is 1. The zero-order valence-corrected chi connectivity index (χ0v) is 14.8. The average Bonchev–Trinajstić information content (AvgIpc) is 2.84. The fourth-order valence-electron chi connectivity index (χ4n) is 3.00. The molecule has 3 nitrogen and oxygen atoms in total. The molecule has 0 atom stereocenters. The van der Waals surface area contributed by atoms with E-state index in [-0.39, 0.29) is 17.8 Å². The van der Waals surface area contributed by atoms with Gasteiger partial charge in [0.05, 0.1) is 5.02 Å². The number of rotatable bonds is 3. The van der Waals surface area contributed by atoms with E-state index in [0.29, 0.717) is 20.6 Å². The Balaban J connectivity index is 1.71. The standard InChI is InChI=1S/C17H20ClFN2OS/c1-10(2)21-7-5-12(6-8-21)20-17(22)16-15(18)13-4-3-11(19)9-14(13)23-16/h3-4,9-10,12H,5-8H2,1-2H3,(H,20,22). The van der Waals surface area contributed by atoms with Crippen molar-refractivity contribution in [1.82, 2.24) is 10.2 Å². The number of hydrogen-bond donors (Lipinski definition) is 1. The Morgan fingerprint density at radius 3 is 2.74 bits per heavy atom. The molecule has 6 heteroatoms. The molecule has 2 heterocycles. The van der Waals surface area contributed by atoms with Crippen LogP contribution in [0.1, 0.15) is 36.4 Å². The highest BCUT2D eigenvalue weighted by molar-refractivity contribution is 7.21. The predicted molar refractivity (Wildman–Crippen MR) is 94.0 cm³/mol. The van der Waals surface area contributed by atoms with E-state index in [1.165, 1.54) is 23.5 Å². The van der Waals surface area contributed by atoms with Crippen LogP contribution in [0.3, 0.4) is 0 Å². The summed E-state index contributed by atoms with van der Waals surface area (Å²) in [6.45, 7) is 6.37. The molecule has 0 saturated carbocycles. The van der Waals surface area contributed by atoms with Gasteiger partial charge in [-0.1, -0.05) is 11.6 Å². The summed E-state index contributed by atoms with van der Waals surface area (Å²) in [6.07, 6.45) is 1.89. The van der Waals surface area contributed by atoms with E-state index >= 15 is 0 Å². The fourth-order valence-corrected chi connectivity index (χ4v) is 4.44. The third kappa shape index (κ3) is 3.52. The molecule has 1 aromatic carbocycles. The van der Waals surface area contributed by atoms with Crippen molar-refractivity contribution in [1.29, 1.82) is 0 Å². The highest BCUT2D eigenvalue weighted by Crippen LogP contribution is 2.35. The van der Waals surface area contributed by atoms with Gasteiger partial charge in [-0.2, -0.15) is 0 Å². The minimum atomic E-state index is -0.316. The van der Waals surface area contributed by atoms with Gasteiger partial charge in [0, 0.05) is 35.3 Å². The van der Waals surface area contributed by atoms with Gasteiger partial charge in [-0.15, -0.1) is 11.3 Å². The summed E-state index contributed by atoms with van der Waals surface area (Å²) in [7, 11) is 0. The molecule has 1 fully saturated rings. The van der Waals surface area contributed by atoms with Crippen molar-refractivity contribution < 1.29 is 9.18 Å². The van der Waals surface area contributed by atoms with Gasteiger partial charge in [-0.05, 0) is 44.9 Å². The zero-order valence-electron chi connectivity index (χ0n) is 13.2. The highest BCUT2D eigenvalue weighted by atomic mass is 35.5. The first-order chi connectivity index (χ1) is 11.0. The van der Waals surface area contributed by atoms with Crippen LogP contribution in [-0.4, -0.2) is 36.0 Å². The Morgan fingerprint density at radius 1 is 1.39 bits per heavy atom. The van der Waals surface area contributed by atoms with E-state index < -0.39 is 0 Å². The number of nitrogens with zero attached hydrogens (tertiary/aromatic N) is 1. The zero-order chi connectivity index (χ0) is 16.6.